The van der Waals surface area contributed by atoms with Crippen LogP contribution in [0.4, 0.5) is 5.69 Å². The van der Waals surface area contributed by atoms with Gasteiger partial charge in [-0.05, 0) is 61.0 Å². The molecule has 0 saturated heterocycles. The first-order chi connectivity index (χ1) is 15.2. The zero-order chi connectivity index (χ0) is 23.3. The minimum atomic E-state index is -3.91. The SMILES string of the molecule is COc1ccc(OC)c(CNC(=O)c2cc(S(=O)(=O)Nc3cccc(C)c3)ccc2Cl)c1. The van der Waals surface area contributed by atoms with Crippen LogP contribution in [0.5, 0.6) is 11.5 Å². The molecule has 0 saturated carbocycles. The van der Waals surface area contributed by atoms with Crippen LogP contribution >= 0.6 is 11.6 Å². The number of benzene rings is 3. The van der Waals surface area contributed by atoms with Crippen LogP contribution in [0.15, 0.2) is 65.6 Å². The number of methoxy groups -OCH3 is 2. The molecule has 0 heterocycles. The molecule has 0 aliphatic heterocycles. The summed E-state index contributed by atoms with van der Waals surface area (Å²) in [6.07, 6.45) is 0. The Morgan fingerprint density at radius 1 is 1.00 bits per heavy atom. The van der Waals surface area contributed by atoms with Gasteiger partial charge in [-0.15, -0.1) is 0 Å². The number of hydrogen-bond acceptors (Lipinski definition) is 5. The Bertz CT molecular complexity index is 1240. The summed E-state index contributed by atoms with van der Waals surface area (Å²) < 4.78 is 38.7. The number of aryl methyl sites for hydroxylation is 1. The molecule has 0 fully saturated rings. The van der Waals surface area contributed by atoms with E-state index < -0.39 is 15.9 Å². The molecule has 0 atom stereocenters. The minimum Gasteiger partial charge on any atom is -0.497 e. The number of rotatable bonds is 8. The van der Waals surface area contributed by atoms with Gasteiger partial charge in [0, 0.05) is 17.8 Å². The van der Waals surface area contributed by atoms with Crippen LogP contribution in [0.3, 0.4) is 0 Å². The fourth-order valence-electron chi connectivity index (χ4n) is 3.06. The van der Waals surface area contributed by atoms with Crippen molar-refractivity contribution in [3.63, 3.8) is 0 Å². The number of hydrogen-bond donors (Lipinski definition) is 2. The van der Waals surface area contributed by atoms with Gasteiger partial charge in [0.25, 0.3) is 15.9 Å². The second-order valence-electron chi connectivity index (χ2n) is 6.98. The van der Waals surface area contributed by atoms with E-state index in [4.69, 9.17) is 21.1 Å². The van der Waals surface area contributed by atoms with Crippen molar-refractivity contribution in [1.82, 2.24) is 5.32 Å². The highest BCUT2D eigenvalue weighted by atomic mass is 35.5. The smallest absolute Gasteiger partial charge is 0.261 e. The van der Waals surface area contributed by atoms with Crippen molar-refractivity contribution in [2.24, 2.45) is 0 Å². The van der Waals surface area contributed by atoms with E-state index in [-0.39, 0.29) is 22.0 Å². The van der Waals surface area contributed by atoms with Gasteiger partial charge >= 0.3 is 0 Å². The second kappa shape index (κ2) is 9.93. The van der Waals surface area contributed by atoms with Crippen molar-refractivity contribution in [1.29, 1.82) is 0 Å². The lowest BCUT2D eigenvalue weighted by Gasteiger charge is -2.13. The zero-order valence-electron chi connectivity index (χ0n) is 17.8. The number of nitrogens with one attached hydrogen (secondary N) is 2. The predicted molar refractivity (Wildman–Crippen MR) is 124 cm³/mol. The number of carbonyl (C=O) groups is 1. The van der Waals surface area contributed by atoms with Gasteiger partial charge in [0.2, 0.25) is 0 Å². The van der Waals surface area contributed by atoms with Crippen LogP contribution in [0.25, 0.3) is 0 Å². The molecular formula is C23H23ClN2O5S. The third-order valence-electron chi connectivity index (χ3n) is 4.69. The molecule has 0 unspecified atom stereocenters. The van der Waals surface area contributed by atoms with E-state index in [0.29, 0.717) is 22.7 Å². The predicted octanol–water partition coefficient (Wildman–Crippen LogP) is 4.40. The number of ether oxygens (including phenoxy) is 2. The summed E-state index contributed by atoms with van der Waals surface area (Å²) in [5.74, 6) is 0.673. The Morgan fingerprint density at radius 2 is 1.78 bits per heavy atom. The fraction of sp³-hybridized carbons (Fsp3) is 0.174. The van der Waals surface area contributed by atoms with Gasteiger partial charge in [0.1, 0.15) is 11.5 Å². The number of amides is 1. The molecule has 0 aliphatic carbocycles. The molecule has 3 aromatic rings. The van der Waals surface area contributed by atoms with Crippen LogP contribution in [-0.4, -0.2) is 28.5 Å². The van der Waals surface area contributed by atoms with E-state index in [2.05, 4.69) is 10.0 Å². The highest BCUT2D eigenvalue weighted by molar-refractivity contribution is 7.92. The Labute approximate surface area is 192 Å². The van der Waals surface area contributed by atoms with Gasteiger partial charge < -0.3 is 14.8 Å². The maximum atomic E-state index is 12.8. The highest BCUT2D eigenvalue weighted by Crippen LogP contribution is 2.25. The Morgan fingerprint density at radius 3 is 2.47 bits per heavy atom. The van der Waals surface area contributed by atoms with Gasteiger partial charge in [-0.2, -0.15) is 0 Å². The molecule has 168 valence electrons. The van der Waals surface area contributed by atoms with Crippen LogP contribution < -0.4 is 19.5 Å². The third-order valence-corrected chi connectivity index (χ3v) is 6.40. The van der Waals surface area contributed by atoms with Gasteiger partial charge in [0.15, 0.2) is 0 Å². The van der Waals surface area contributed by atoms with Crippen LogP contribution in [0.1, 0.15) is 21.5 Å². The first-order valence-electron chi connectivity index (χ1n) is 9.61. The molecular weight excluding hydrogens is 452 g/mol. The van der Waals surface area contributed by atoms with E-state index in [1.165, 1.54) is 25.3 Å². The molecule has 32 heavy (non-hydrogen) atoms. The molecule has 2 N–H and O–H groups in total. The van der Waals surface area contributed by atoms with Crippen molar-refractivity contribution in [2.75, 3.05) is 18.9 Å². The highest BCUT2D eigenvalue weighted by Gasteiger charge is 2.19. The lowest BCUT2D eigenvalue weighted by Crippen LogP contribution is -2.24. The molecule has 0 spiro atoms. The number of sulfonamides is 1. The van der Waals surface area contributed by atoms with E-state index in [0.717, 1.165) is 5.56 Å². The van der Waals surface area contributed by atoms with Crippen molar-refractivity contribution >= 4 is 33.2 Å². The van der Waals surface area contributed by atoms with Crippen molar-refractivity contribution < 1.29 is 22.7 Å². The third kappa shape index (κ3) is 5.52. The monoisotopic (exact) mass is 474 g/mol. The average molecular weight is 475 g/mol. The summed E-state index contributed by atoms with van der Waals surface area (Å²) in [6.45, 7) is 1.99. The average Bonchev–Trinajstić information content (AvgIpc) is 2.77. The van der Waals surface area contributed by atoms with Crippen molar-refractivity contribution in [3.8, 4) is 11.5 Å². The normalized spacial score (nSPS) is 11.0. The summed E-state index contributed by atoms with van der Waals surface area (Å²) >= 11 is 6.19. The molecule has 0 aromatic heterocycles. The maximum Gasteiger partial charge on any atom is 0.261 e. The largest absolute Gasteiger partial charge is 0.497 e. The maximum absolute atomic E-state index is 12.8. The van der Waals surface area contributed by atoms with Crippen molar-refractivity contribution in [2.45, 2.75) is 18.4 Å². The number of halogens is 1. The Hall–Kier alpha value is -3.23. The lowest BCUT2D eigenvalue weighted by molar-refractivity contribution is 0.0950. The fourth-order valence-corrected chi connectivity index (χ4v) is 4.34. The van der Waals surface area contributed by atoms with Crippen molar-refractivity contribution in [3.05, 3.63) is 82.4 Å². The van der Waals surface area contributed by atoms with Gasteiger partial charge in [0.05, 0.1) is 29.7 Å². The molecule has 0 bridgehead atoms. The molecule has 9 heteroatoms. The standard InChI is InChI=1S/C23H23ClN2O5S/c1-15-5-4-6-17(11-15)26-32(28,29)19-8-9-21(24)20(13-19)23(27)25-14-16-12-18(30-2)7-10-22(16)31-3/h4-13,26H,14H2,1-3H3,(H,25,27). The van der Waals surface area contributed by atoms with Gasteiger partial charge in [-0.3, -0.25) is 9.52 Å². The van der Waals surface area contributed by atoms with E-state index in [1.807, 2.05) is 13.0 Å². The minimum absolute atomic E-state index is 0.0423. The van der Waals surface area contributed by atoms with E-state index in [9.17, 15) is 13.2 Å². The van der Waals surface area contributed by atoms with Crippen LogP contribution in [0.2, 0.25) is 5.02 Å². The van der Waals surface area contributed by atoms with Gasteiger partial charge in [-0.1, -0.05) is 23.7 Å². The summed E-state index contributed by atoms with van der Waals surface area (Å²) in [4.78, 5) is 12.7. The second-order valence-corrected chi connectivity index (χ2v) is 9.07. The number of carbonyl (C=O) groups excluding carboxylic acids is 1. The molecule has 0 aliphatic rings. The Kier molecular flexibility index (Phi) is 7.27. The summed E-state index contributed by atoms with van der Waals surface area (Å²) in [5.41, 5.74) is 2.08. The van der Waals surface area contributed by atoms with Crippen LogP contribution in [-0.2, 0) is 16.6 Å². The van der Waals surface area contributed by atoms with E-state index >= 15 is 0 Å². The van der Waals surface area contributed by atoms with E-state index in [1.54, 1.807) is 43.5 Å². The van der Waals surface area contributed by atoms with Crippen LogP contribution in [0, 0.1) is 6.92 Å². The van der Waals surface area contributed by atoms with Gasteiger partial charge in [-0.25, -0.2) is 8.42 Å². The summed E-state index contributed by atoms with van der Waals surface area (Å²) in [7, 11) is -0.845. The number of anilines is 1. The topological polar surface area (TPSA) is 93.7 Å². The molecule has 7 nitrogen and oxygen atoms in total. The molecule has 3 aromatic carbocycles. The summed E-state index contributed by atoms with van der Waals surface area (Å²) in [5, 5.41) is 2.88. The first-order valence-corrected chi connectivity index (χ1v) is 11.5. The first kappa shape index (κ1) is 23.4. The lowest BCUT2D eigenvalue weighted by atomic mass is 10.1. The Balaban J connectivity index is 1.81. The zero-order valence-corrected chi connectivity index (χ0v) is 19.4. The summed E-state index contributed by atoms with van der Waals surface area (Å²) in [6, 6.07) is 16.2. The molecule has 3 rings (SSSR count). The quantitative estimate of drug-likeness (QED) is 0.504. The molecule has 1 amide bonds. The molecule has 0 radical (unpaired) electrons.